The van der Waals surface area contributed by atoms with E-state index < -0.39 is 0 Å². The summed E-state index contributed by atoms with van der Waals surface area (Å²) in [5.41, 5.74) is 2.52. The summed E-state index contributed by atoms with van der Waals surface area (Å²) in [7, 11) is 0. The van der Waals surface area contributed by atoms with Gasteiger partial charge in [-0.1, -0.05) is 11.8 Å². The Hall–Kier alpha value is -1.18. The zero-order chi connectivity index (χ0) is 10.5. The minimum absolute atomic E-state index is 0.727. The molecule has 0 aliphatic heterocycles. The lowest BCUT2D eigenvalue weighted by Gasteiger charge is -1.96. The molecule has 0 amide bonds. The Morgan fingerprint density at radius 3 is 2.93 bits per heavy atom. The quantitative estimate of drug-likeness (QED) is 0.478. The van der Waals surface area contributed by atoms with Crippen LogP contribution in [0, 0.1) is 0 Å². The highest BCUT2D eigenvalue weighted by atomic mass is 32.2. The zero-order valence-corrected chi connectivity index (χ0v) is 9.38. The maximum absolute atomic E-state index is 5.24. The van der Waals surface area contributed by atoms with E-state index in [2.05, 4.69) is 20.4 Å². The molecule has 0 saturated heterocycles. The van der Waals surface area contributed by atoms with Crippen molar-refractivity contribution in [1.82, 2.24) is 15.0 Å². The lowest BCUT2D eigenvalue weighted by molar-refractivity contribution is 1.05. The van der Waals surface area contributed by atoms with E-state index in [-0.39, 0.29) is 0 Å². The van der Waals surface area contributed by atoms with Crippen LogP contribution in [0.15, 0.2) is 29.8 Å². The monoisotopic (exact) mass is 239 g/mol. The molecule has 78 valence electrons. The molecule has 5 nitrogen and oxygen atoms in total. The summed E-state index contributed by atoms with van der Waals surface area (Å²) >= 11 is 3.16. The van der Waals surface area contributed by atoms with Gasteiger partial charge in [-0.3, -0.25) is 10.4 Å². The number of nitrogens with zero attached hydrogens (tertiary/aromatic N) is 3. The van der Waals surface area contributed by atoms with Crippen LogP contribution < -0.4 is 11.3 Å². The third-order valence-electron chi connectivity index (χ3n) is 1.58. The van der Waals surface area contributed by atoms with Gasteiger partial charge in [-0.25, -0.2) is 15.8 Å². The van der Waals surface area contributed by atoms with E-state index >= 15 is 0 Å². The van der Waals surface area contributed by atoms with Gasteiger partial charge in [0.05, 0.1) is 6.20 Å². The van der Waals surface area contributed by atoms with Crippen LogP contribution in [0.5, 0.6) is 0 Å². The molecule has 2 heterocycles. The Bertz CT molecular complexity index is 416. The first-order valence-electron chi connectivity index (χ1n) is 4.18. The molecule has 3 N–H and O–H groups in total. The summed E-state index contributed by atoms with van der Waals surface area (Å²) in [5.74, 6) is 6.07. The van der Waals surface area contributed by atoms with Crippen LogP contribution in [0.1, 0.15) is 4.88 Å². The number of anilines is 1. The van der Waals surface area contributed by atoms with Crippen molar-refractivity contribution >= 4 is 28.2 Å². The van der Waals surface area contributed by atoms with Crippen LogP contribution in [0.25, 0.3) is 0 Å². The summed E-state index contributed by atoms with van der Waals surface area (Å²) in [4.78, 5) is 13.4. The molecule has 15 heavy (non-hydrogen) atoms. The third kappa shape index (κ3) is 2.88. The van der Waals surface area contributed by atoms with Crippen molar-refractivity contribution in [2.45, 2.75) is 10.8 Å². The largest absolute Gasteiger partial charge is 0.300 e. The highest BCUT2D eigenvalue weighted by Crippen LogP contribution is 2.25. The minimum atomic E-state index is 0.727. The van der Waals surface area contributed by atoms with Crippen LogP contribution in [-0.2, 0) is 5.75 Å². The van der Waals surface area contributed by atoms with E-state index in [1.165, 1.54) is 11.3 Å². The fraction of sp³-hybridized carbons (Fsp3) is 0.125. The van der Waals surface area contributed by atoms with Gasteiger partial charge in [0.15, 0.2) is 5.13 Å². The van der Waals surface area contributed by atoms with Gasteiger partial charge in [0.25, 0.3) is 0 Å². The van der Waals surface area contributed by atoms with Crippen molar-refractivity contribution in [3.05, 3.63) is 29.7 Å². The number of nitrogen functional groups attached to an aromatic ring is 1. The fourth-order valence-corrected chi connectivity index (χ4v) is 2.51. The second-order valence-electron chi connectivity index (χ2n) is 2.61. The highest BCUT2D eigenvalue weighted by Gasteiger charge is 2.01. The van der Waals surface area contributed by atoms with E-state index in [9.17, 15) is 0 Å². The molecule has 0 radical (unpaired) electrons. The van der Waals surface area contributed by atoms with E-state index in [4.69, 9.17) is 5.84 Å². The van der Waals surface area contributed by atoms with Crippen LogP contribution in [-0.4, -0.2) is 15.0 Å². The lowest BCUT2D eigenvalue weighted by Crippen LogP contribution is -2.05. The summed E-state index contributed by atoms with van der Waals surface area (Å²) < 4.78 is 0. The molecule has 0 atom stereocenters. The molecule has 0 unspecified atom stereocenters. The molecular weight excluding hydrogens is 230 g/mol. The summed E-state index contributed by atoms with van der Waals surface area (Å²) in [6.07, 6.45) is 6.89. The van der Waals surface area contributed by atoms with Gasteiger partial charge >= 0.3 is 0 Å². The third-order valence-corrected chi connectivity index (χ3v) is 3.65. The van der Waals surface area contributed by atoms with Gasteiger partial charge in [0.2, 0.25) is 0 Å². The molecular formula is C8H9N5S2. The average molecular weight is 239 g/mol. The van der Waals surface area contributed by atoms with Gasteiger partial charge in [-0.15, -0.1) is 11.3 Å². The molecule has 2 aromatic heterocycles. The molecule has 0 saturated carbocycles. The molecule has 0 fully saturated rings. The number of nitrogens with one attached hydrogen (secondary N) is 1. The van der Waals surface area contributed by atoms with Crippen molar-refractivity contribution in [2.75, 3.05) is 5.43 Å². The van der Waals surface area contributed by atoms with Gasteiger partial charge < -0.3 is 0 Å². The molecule has 0 aliphatic rings. The molecule has 0 aromatic carbocycles. The number of hydrogen-bond donors (Lipinski definition) is 2. The first kappa shape index (κ1) is 10.3. The molecule has 0 aliphatic carbocycles. The van der Waals surface area contributed by atoms with Gasteiger partial charge in [-0.2, -0.15) is 0 Å². The van der Waals surface area contributed by atoms with Crippen molar-refractivity contribution in [1.29, 1.82) is 0 Å². The van der Waals surface area contributed by atoms with Crippen LogP contribution in [0.3, 0.4) is 0 Å². The first-order chi connectivity index (χ1) is 7.38. The molecule has 0 bridgehead atoms. The van der Waals surface area contributed by atoms with Gasteiger partial charge in [0.1, 0.15) is 5.03 Å². The number of hydrogen-bond acceptors (Lipinski definition) is 7. The number of thiazole rings is 1. The summed E-state index contributed by atoms with van der Waals surface area (Å²) in [6, 6.07) is 0. The maximum atomic E-state index is 5.24. The number of rotatable bonds is 4. The lowest BCUT2D eigenvalue weighted by atomic mass is 10.6. The molecule has 7 heteroatoms. The average Bonchev–Trinajstić information content (AvgIpc) is 2.76. The van der Waals surface area contributed by atoms with Crippen LogP contribution in [0.2, 0.25) is 0 Å². The predicted octanol–water partition coefficient (Wildman–Crippen LogP) is 1.51. The summed E-state index contributed by atoms with van der Waals surface area (Å²) in [5, 5.41) is 1.64. The second-order valence-corrected chi connectivity index (χ2v) is 4.72. The normalized spacial score (nSPS) is 10.2. The maximum Gasteiger partial charge on any atom is 0.197 e. The van der Waals surface area contributed by atoms with Crippen molar-refractivity contribution < 1.29 is 0 Å². The minimum Gasteiger partial charge on any atom is -0.300 e. The van der Waals surface area contributed by atoms with E-state index in [0.29, 0.717) is 0 Å². The Morgan fingerprint density at radius 2 is 2.27 bits per heavy atom. The number of aromatic nitrogens is 3. The standard InChI is InChI=1S/C8H9N5S2/c9-13-8-12-3-6(15-8)5-14-7-4-10-1-2-11-7/h1-4H,5,9H2,(H,12,13). The Kier molecular flexibility index (Phi) is 3.49. The number of thioether (sulfide) groups is 1. The van der Waals surface area contributed by atoms with Crippen molar-refractivity contribution in [2.24, 2.45) is 5.84 Å². The van der Waals surface area contributed by atoms with E-state index in [1.54, 1.807) is 30.4 Å². The SMILES string of the molecule is NNc1ncc(CSc2cnccn2)s1. The van der Waals surface area contributed by atoms with Crippen molar-refractivity contribution in [3.63, 3.8) is 0 Å². The topological polar surface area (TPSA) is 76.7 Å². The van der Waals surface area contributed by atoms with Crippen molar-refractivity contribution in [3.8, 4) is 0 Å². The molecule has 0 spiro atoms. The fourth-order valence-electron chi connectivity index (χ4n) is 0.946. The van der Waals surface area contributed by atoms with E-state index in [0.717, 1.165) is 20.8 Å². The second kappa shape index (κ2) is 5.06. The van der Waals surface area contributed by atoms with E-state index in [1.807, 2.05) is 6.20 Å². The van der Waals surface area contributed by atoms with Gasteiger partial charge in [0, 0.05) is 29.2 Å². The Balaban J connectivity index is 1.93. The smallest absolute Gasteiger partial charge is 0.197 e. The Labute approximate surface area is 95.1 Å². The number of nitrogens with two attached hydrogens (primary N) is 1. The molecule has 2 rings (SSSR count). The first-order valence-corrected chi connectivity index (χ1v) is 5.99. The summed E-state index contributed by atoms with van der Waals surface area (Å²) in [6.45, 7) is 0. The highest BCUT2D eigenvalue weighted by molar-refractivity contribution is 7.98. The van der Waals surface area contributed by atoms with Gasteiger partial charge in [-0.05, 0) is 0 Å². The zero-order valence-electron chi connectivity index (χ0n) is 7.75. The van der Waals surface area contributed by atoms with Crippen LogP contribution in [0.4, 0.5) is 5.13 Å². The number of hydrazine groups is 1. The molecule has 2 aromatic rings. The predicted molar refractivity (Wildman–Crippen MR) is 61.5 cm³/mol. The van der Waals surface area contributed by atoms with Crippen LogP contribution >= 0.6 is 23.1 Å². The Morgan fingerprint density at radius 1 is 1.33 bits per heavy atom.